The Kier molecular flexibility index (Phi) is 3.36. The van der Waals surface area contributed by atoms with Crippen molar-refractivity contribution < 1.29 is 9.18 Å². The minimum Gasteiger partial charge on any atom is -0.345 e. The number of hydrogen-bond donors (Lipinski definition) is 1. The minimum atomic E-state index is -0.721. The monoisotopic (exact) mass is 284 g/mol. The largest absolute Gasteiger partial charge is 0.345 e. The molecule has 1 N–H and O–H groups in total. The number of halogens is 2. The number of nitrogens with one attached hydrogen (secondary N) is 1. The molecule has 2 bridgehead atoms. The number of hydrogen-bond acceptors (Lipinski definition) is 4. The lowest BCUT2D eigenvalue weighted by molar-refractivity contribution is 0.0614. The van der Waals surface area contributed by atoms with Crippen molar-refractivity contribution in [3.8, 4) is 0 Å². The highest BCUT2D eigenvalue weighted by Crippen LogP contribution is 2.27. The van der Waals surface area contributed by atoms with Gasteiger partial charge in [-0.1, -0.05) is 11.6 Å². The average molecular weight is 285 g/mol. The third kappa shape index (κ3) is 2.55. The summed E-state index contributed by atoms with van der Waals surface area (Å²) in [7, 11) is 0. The Bertz CT molecular complexity index is 505. The SMILES string of the molecule is O=C(N[C@H]1CN2CCC1CC2)c1ncc(F)c(Cl)n1. The summed E-state index contributed by atoms with van der Waals surface area (Å²) in [5, 5.41) is 2.60. The molecule has 1 amide bonds. The van der Waals surface area contributed by atoms with Gasteiger partial charge >= 0.3 is 0 Å². The van der Waals surface area contributed by atoms with Gasteiger partial charge in [0.25, 0.3) is 5.91 Å². The molecule has 3 aliphatic heterocycles. The molecule has 0 aromatic carbocycles. The number of fused-ring (bicyclic) bond motifs is 3. The van der Waals surface area contributed by atoms with Crippen LogP contribution in [-0.4, -0.2) is 46.5 Å². The summed E-state index contributed by atoms with van der Waals surface area (Å²) in [4.78, 5) is 21.7. The van der Waals surface area contributed by atoms with Crippen LogP contribution in [0.4, 0.5) is 4.39 Å². The van der Waals surface area contributed by atoms with Crippen LogP contribution in [0.25, 0.3) is 0 Å². The molecule has 3 aliphatic rings. The minimum absolute atomic E-state index is 0.0807. The average Bonchev–Trinajstić information content (AvgIpc) is 2.43. The van der Waals surface area contributed by atoms with Crippen molar-refractivity contribution in [2.75, 3.05) is 19.6 Å². The zero-order chi connectivity index (χ0) is 13.4. The Morgan fingerprint density at radius 3 is 2.79 bits per heavy atom. The molecule has 4 rings (SSSR count). The van der Waals surface area contributed by atoms with E-state index < -0.39 is 5.82 Å². The first-order chi connectivity index (χ1) is 9.13. The van der Waals surface area contributed by atoms with Crippen LogP contribution in [0, 0.1) is 11.7 Å². The van der Waals surface area contributed by atoms with Crippen molar-refractivity contribution in [1.82, 2.24) is 20.2 Å². The number of nitrogens with zero attached hydrogens (tertiary/aromatic N) is 3. The van der Waals surface area contributed by atoms with E-state index in [1.165, 1.54) is 0 Å². The van der Waals surface area contributed by atoms with Gasteiger partial charge in [-0.3, -0.25) is 4.79 Å². The maximum absolute atomic E-state index is 12.9. The van der Waals surface area contributed by atoms with Crippen LogP contribution >= 0.6 is 11.6 Å². The number of carbonyl (C=O) groups excluding carboxylic acids is 1. The van der Waals surface area contributed by atoms with Crippen molar-refractivity contribution in [1.29, 1.82) is 0 Å². The third-order valence-electron chi connectivity index (χ3n) is 3.88. The zero-order valence-electron chi connectivity index (χ0n) is 10.3. The number of aromatic nitrogens is 2. The van der Waals surface area contributed by atoms with E-state index in [1.54, 1.807) is 0 Å². The smallest absolute Gasteiger partial charge is 0.289 e. The predicted molar refractivity (Wildman–Crippen MR) is 67.4 cm³/mol. The van der Waals surface area contributed by atoms with E-state index in [0.29, 0.717) is 5.92 Å². The molecule has 1 aromatic rings. The molecule has 19 heavy (non-hydrogen) atoms. The van der Waals surface area contributed by atoms with Crippen molar-refractivity contribution >= 4 is 17.5 Å². The Balaban J connectivity index is 1.69. The van der Waals surface area contributed by atoms with Crippen molar-refractivity contribution in [2.45, 2.75) is 18.9 Å². The summed E-state index contributed by atoms with van der Waals surface area (Å²) in [6, 6.07) is 0.127. The fourth-order valence-electron chi connectivity index (χ4n) is 2.82. The van der Waals surface area contributed by atoms with Crippen LogP contribution in [0.2, 0.25) is 5.15 Å². The van der Waals surface area contributed by atoms with Crippen LogP contribution in [0.15, 0.2) is 6.20 Å². The molecule has 7 heteroatoms. The maximum atomic E-state index is 12.9. The van der Waals surface area contributed by atoms with Crippen molar-refractivity contribution in [2.24, 2.45) is 5.92 Å². The summed E-state index contributed by atoms with van der Waals surface area (Å²) < 4.78 is 12.9. The number of amides is 1. The fourth-order valence-corrected chi connectivity index (χ4v) is 2.95. The topological polar surface area (TPSA) is 58.1 Å². The molecule has 0 spiro atoms. The lowest BCUT2D eigenvalue weighted by Crippen LogP contribution is -2.57. The van der Waals surface area contributed by atoms with E-state index in [9.17, 15) is 9.18 Å². The second kappa shape index (κ2) is 5.02. The van der Waals surface area contributed by atoms with Crippen LogP contribution in [0.5, 0.6) is 0 Å². The van der Waals surface area contributed by atoms with Crippen LogP contribution in [0.1, 0.15) is 23.5 Å². The molecular weight excluding hydrogens is 271 g/mol. The van der Waals surface area contributed by atoms with Gasteiger partial charge in [0.05, 0.1) is 6.20 Å². The van der Waals surface area contributed by atoms with Crippen LogP contribution < -0.4 is 5.32 Å². The highest BCUT2D eigenvalue weighted by atomic mass is 35.5. The second-order valence-electron chi connectivity index (χ2n) is 5.05. The first-order valence-electron chi connectivity index (χ1n) is 6.35. The first-order valence-corrected chi connectivity index (χ1v) is 6.72. The summed E-state index contributed by atoms with van der Waals surface area (Å²) >= 11 is 5.55. The van der Waals surface area contributed by atoms with Gasteiger partial charge in [-0.05, 0) is 31.8 Å². The zero-order valence-corrected chi connectivity index (χ0v) is 11.0. The molecule has 0 saturated carbocycles. The molecule has 1 atom stereocenters. The maximum Gasteiger partial charge on any atom is 0.289 e. The van der Waals surface area contributed by atoms with E-state index in [-0.39, 0.29) is 22.9 Å². The van der Waals surface area contributed by atoms with E-state index >= 15 is 0 Å². The highest BCUT2D eigenvalue weighted by molar-refractivity contribution is 6.29. The second-order valence-corrected chi connectivity index (χ2v) is 5.41. The summed E-state index contributed by atoms with van der Waals surface area (Å²) in [6.07, 6.45) is 3.13. The van der Waals surface area contributed by atoms with E-state index in [1.807, 2.05) is 0 Å². The van der Waals surface area contributed by atoms with Crippen LogP contribution in [0.3, 0.4) is 0 Å². The quantitative estimate of drug-likeness (QED) is 0.826. The molecule has 3 saturated heterocycles. The molecule has 3 fully saturated rings. The van der Waals surface area contributed by atoms with Gasteiger partial charge in [0.15, 0.2) is 11.0 Å². The van der Waals surface area contributed by atoms with E-state index in [2.05, 4.69) is 20.2 Å². The molecule has 4 heterocycles. The fraction of sp³-hybridized carbons (Fsp3) is 0.583. The standard InChI is InChI=1S/C12H14ClFN4O/c13-10-8(14)5-15-11(17-10)12(19)16-9-6-18-3-1-7(9)2-4-18/h5,7,9H,1-4,6H2,(H,16,19)/t9-/m0/s1. The van der Waals surface area contributed by atoms with Gasteiger partial charge in [-0.15, -0.1) is 0 Å². The summed E-state index contributed by atoms with van der Waals surface area (Å²) in [5.41, 5.74) is 0. The summed E-state index contributed by atoms with van der Waals surface area (Å²) in [5.74, 6) is -0.672. The number of carbonyl (C=O) groups is 1. The molecule has 1 aromatic heterocycles. The Morgan fingerprint density at radius 2 is 2.21 bits per heavy atom. The number of rotatable bonds is 2. The van der Waals surface area contributed by atoms with Gasteiger partial charge in [0.1, 0.15) is 0 Å². The molecule has 102 valence electrons. The third-order valence-corrected chi connectivity index (χ3v) is 4.14. The summed E-state index contributed by atoms with van der Waals surface area (Å²) in [6.45, 7) is 3.08. The van der Waals surface area contributed by atoms with Gasteiger partial charge < -0.3 is 10.2 Å². The lowest BCUT2D eigenvalue weighted by Gasteiger charge is -2.44. The van der Waals surface area contributed by atoms with Gasteiger partial charge in [0.2, 0.25) is 5.82 Å². The van der Waals surface area contributed by atoms with Gasteiger partial charge in [0, 0.05) is 12.6 Å². The Labute approximate surface area is 115 Å². The van der Waals surface area contributed by atoms with E-state index in [0.717, 1.165) is 38.7 Å². The molecular formula is C12H14ClFN4O. The number of piperidine rings is 3. The normalized spacial score (nSPS) is 29.3. The molecule has 0 aliphatic carbocycles. The first kappa shape index (κ1) is 12.7. The highest BCUT2D eigenvalue weighted by Gasteiger charge is 2.35. The van der Waals surface area contributed by atoms with Crippen LogP contribution in [-0.2, 0) is 0 Å². The van der Waals surface area contributed by atoms with Gasteiger partial charge in [-0.2, -0.15) is 0 Å². The van der Waals surface area contributed by atoms with E-state index in [4.69, 9.17) is 11.6 Å². The Hall–Kier alpha value is -1.27. The Morgan fingerprint density at radius 1 is 1.47 bits per heavy atom. The van der Waals surface area contributed by atoms with Crippen molar-refractivity contribution in [3.05, 3.63) is 23.0 Å². The molecule has 0 unspecified atom stereocenters. The lowest BCUT2D eigenvalue weighted by atomic mass is 9.84. The molecule has 0 radical (unpaired) electrons. The molecule has 5 nitrogen and oxygen atoms in total. The van der Waals surface area contributed by atoms with Crippen molar-refractivity contribution in [3.63, 3.8) is 0 Å². The van der Waals surface area contributed by atoms with Gasteiger partial charge in [-0.25, -0.2) is 14.4 Å². The predicted octanol–water partition coefficient (Wildman–Crippen LogP) is 1.09.